The van der Waals surface area contributed by atoms with Crippen LogP contribution in [-0.2, 0) is 17.8 Å². The molecule has 0 saturated heterocycles. The summed E-state index contributed by atoms with van der Waals surface area (Å²) in [6.45, 7) is 3.16. The zero-order valence-corrected chi connectivity index (χ0v) is 24.7. The van der Waals surface area contributed by atoms with Gasteiger partial charge in [0.25, 0.3) is 5.56 Å². The number of carbonyl (C=O) groups excluding carboxylic acids is 1. The zero-order chi connectivity index (χ0) is 28.5. The number of carbonyl (C=O) groups is 1. The normalized spacial score (nSPS) is 12.8. The lowest BCUT2D eigenvalue weighted by Crippen LogP contribution is -2.37. The minimum absolute atomic E-state index is 0.00378. The molecule has 0 bridgehead atoms. The van der Waals surface area contributed by atoms with Crippen molar-refractivity contribution in [2.45, 2.75) is 25.0 Å². The van der Waals surface area contributed by atoms with Crippen LogP contribution in [-0.4, -0.2) is 46.9 Å². The second kappa shape index (κ2) is 11.4. The lowest BCUT2D eigenvalue weighted by molar-refractivity contribution is -0.129. The van der Waals surface area contributed by atoms with Crippen molar-refractivity contribution in [3.63, 3.8) is 0 Å². The molecule has 5 aromatic rings. The molecule has 0 N–H and O–H groups in total. The minimum Gasteiger partial charge on any atom is -0.493 e. The van der Waals surface area contributed by atoms with E-state index >= 15 is 0 Å². The third kappa shape index (κ3) is 5.23. The summed E-state index contributed by atoms with van der Waals surface area (Å²) in [4.78, 5) is 34.9. The molecule has 3 aromatic carbocycles. The number of hydrogen-bond acceptors (Lipinski definition) is 7. The average molecular weight is 584 g/mol. The molecule has 7 nitrogen and oxygen atoms in total. The summed E-state index contributed by atoms with van der Waals surface area (Å²) in [5, 5.41) is 3.09. The molecule has 0 fully saturated rings. The molecule has 0 atom stereocenters. The van der Waals surface area contributed by atoms with Crippen molar-refractivity contribution >= 4 is 39.2 Å². The Morgan fingerprint density at radius 1 is 1.00 bits per heavy atom. The van der Waals surface area contributed by atoms with Crippen LogP contribution in [0.3, 0.4) is 0 Å². The SMILES string of the molecule is COc1cc2c(cc1OC)CN(C(=O)CSc1nc3scc(-c4ccc(C)cc4)c3c(=O)n1-c1ccccc1)CC2. The summed E-state index contributed by atoms with van der Waals surface area (Å²) in [5.41, 5.74) is 5.81. The maximum absolute atomic E-state index is 14.1. The number of amides is 1. The Kier molecular flexibility index (Phi) is 7.55. The fraction of sp³-hybridized carbons (Fsp3) is 0.219. The van der Waals surface area contributed by atoms with E-state index in [-0.39, 0.29) is 17.2 Å². The number of hydrogen-bond donors (Lipinski definition) is 0. The van der Waals surface area contributed by atoms with Gasteiger partial charge in [-0.05, 0) is 54.3 Å². The molecule has 1 amide bonds. The lowest BCUT2D eigenvalue weighted by atomic mass is 9.99. The van der Waals surface area contributed by atoms with Gasteiger partial charge in [0, 0.05) is 24.0 Å². The van der Waals surface area contributed by atoms with Crippen LogP contribution >= 0.6 is 23.1 Å². The van der Waals surface area contributed by atoms with Gasteiger partial charge in [0.05, 0.1) is 31.0 Å². The Morgan fingerprint density at radius 3 is 2.41 bits per heavy atom. The summed E-state index contributed by atoms with van der Waals surface area (Å²) in [5.74, 6) is 1.51. The summed E-state index contributed by atoms with van der Waals surface area (Å²) in [6, 6.07) is 21.6. The van der Waals surface area contributed by atoms with E-state index in [1.165, 1.54) is 23.1 Å². The number of ether oxygens (including phenoxy) is 2. The maximum Gasteiger partial charge on any atom is 0.268 e. The lowest BCUT2D eigenvalue weighted by Gasteiger charge is -2.29. The number of aryl methyl sites for hydroxylation is 1. The first kappa shape index (κ1) is 27.1. The Hall–Kier alpha value is -4.08. The van der Waals surface area contributed by atoms with E-state index in [2.05, 4.69) is 0 Å². The van der Waals surface area contributed by atoms with E-state index in [0.29, 0.717) is 40.0 Å². The van der Waals surface area contributed by atoms with E-state index in [1.807, 2.05) is 83.9 Å². The van der Waals surface area contributed by atoms with Gasteiger partial charge >= 0.3 is 0 Å². The minimum atomic E-state index is -0.138. The van der Waals surface area contributed by atoms with Crippen molar-refractivity contribution < 1.29 is 14.3 Å². The van der Waals surface area contributed by atoms with Crippen LogP contribution in [0.25, 0.3) is 27.0 Å². The average Bonchev–Trinajstić information content (AvgIpc) is 3.44. The highest BCUT2D eigenvalue weighted by molar-refractivity contribution is 7.99. The molecule has 0 spiro atoms. The molecule has 1 aliphatic heterocycles. The molecule has 9 heteroatoms. The summed E-state index contributed by atoms with van der Waals surface area (Å²) in [6.07, 6.45) is 0.738. The number of thioether (sulfide) groups is 1. The fourth-order valence-electron chi connectivity index (χ4n) is 5.13. The van der Waals surface area contributed by atoms with E-state index in [4.69, 9.17) is 14.5 Å². The standard InChI is InChI=1S/C32H29N3O4S2/c1-20-9-11-21(12-10-20)25-18-40-30-29(25)31(37)35(24-7-5-4-6-8-24)32(33-30)41-19-28(36)34-14-13-22-15-26(38-2)27(39-3)16-23(22)17-34/h4-12,15-16,18H,13-14,17,19H2,1-3H3. The molecular weight excluding hydrogens is 555 g/mol. The molecule has 0 aliphatic carbocycles. The van der Waals surface area contributed by atoms with Crippen molar-refractivity contribution in [1.29, 1.82) is 0 Å². The predicted octanol–water partition coefficient (Wildman–Crippen LogP) is 6.12. The van der Waals surface area contributed by atoms with E-state index in [0.717, 1.165) is 39.9 Å². The third-order valence-electron chi connectivity index (χ3n) is 7.35. The molecule has 208 valence electrons. The molecule has 6 rings (SSSR count). The summed E-state index contributed by atoms with van der Waals surface area (Å²) in [7, 11) is 3.24. The van der Waals surface area contributed by atoms with E-state index in [1.54, 1.807) is 18.8 Å². The number of para-hydroxylation sites is 1. The maximum atomic E-state index is 14.1. The van der Waals surface area contributed by atoms with E-state index < -0.39 is 0 Å². The Bertz CT molecular complexity index is 1800. The Labute approximate surface area is 246 Å². The predicted molar refractivity (Wildman–Crippen MR) is 165 cm³/mol. The van der Waals surface area contributed by atoms with Gasteiger partial charge < -0.3 is 14.4 Å². The molecular formula is C32H29N3O4S2. The van der Waals surface area contributed by atoms with Crippen molar-refractivity contribution in [3.05, 3.63) is 99.2 Å². The molecule has 2 aromatic heterocycles. The summed E-state index contributed by atoms with van der Waals surface area (Å²) < 4.78 is 12.5. The first-order chi connectivity index (χ1) is 20.0. The van der Waals surface area contributed by atoms with Crippen molar-refractivity contribution in [3.8, 4) is 28.3 Å². The number of benzene rings is 3. The van der Waals surface area contributed by atoms with Gasteiger partial charge in [-0.1, -0.05) is 59.8 Å². The zero-order valence-electron chi connectivity index (χ0n) is 23.0. The van der Waals surface area contributed by atoms with Crippen LogP contribution in [0.5, 0.6) is 11.5 Å². The number of aromatic nitrogens is 2. The van der Waals surface area contributed by atoms with Crippen LogP contribution in [0.4, 0.5) is 0 Å². The molecule has 0 saturated carbocycles. The monoisotopic (exact) mass is 583 g/mol. The van der Waals surface area contributed by atoms with Gasteiger partial charge in [0.1, 0.15) is 4.83 Å². The molecule has 41 heavy (non-hydrogen) atoms. The quantitative estimate of drug-likeness (QED) is 0.170. The number of nitrogens with zero attached hydrogens (tertiary/aromatic N) is 3. The largest absolute Gasteiger partial charge is 0.493 e. The third-order valence-corrected chi connectivity index (χ3v) is 9.15. The first-order valence-corrected chi connectivity index (χ1v) is 15.1. The van der Waals surface area contributed by atoms with Gasteiger partial charge in [0.15, 0.2) is 16.7 Å². The smallest absolute Gasteiger partial charge is 0.268 e. The van der Waals surface area contributed by atoms with Crippen LogP contribution in [0.15, 0.2) is 82.1 Å². The van der Waals surface area contributed by atoms with Crippen LogP contribution in [0.2, 0.25) is 0 Å². The van der Waals surface area contributed by atoms with Crippen molar-refractivity contribution in [1.82, 2.24) is 14.5 Å². The molecule has 0 unspecified atom stereocenters. The van der Waals surface area contributed by atoms with Gasteiger partial charge in [-0.25, -0.2) is 4.98 Å². The van der Waals surface area contributed by atoms with Crippen molar-refractivity contribution in [2.24, 2.45) is 0 Å². The van der Waals surface area contributed by atoms with Crippen LogP contribution in [0, 0.1) is 6.92 Å². The van der Waals surface area contributed by atoms with Gasteiger partial charge in [0.2, 0.25) is 5.91 Å². The fourth-order valence-corrected chi connectivity index (χ4v) is 7.04. The second-order valence-electron chi connectivity index (χ2n) is 9.90. The van der Waals surface area contributed by atoms with Gasteiger partial charge in [-0.2, -0.15) is 0 Å². The Balaban J connectivity index is 1.31. The first-order valence-electron chi connectivity index (χ1n) is 13.3. The molecule has 1 aliphatic rings. The Morgan fingerprint density at radius 2 is 1.71 bits per heavy atom. The number of thiophene rings is 1. The van der Waals surface area contributed by atoms with Gasteiger partial charge in [-0.15, -0.1) is 11.3 Å². The highest BCUT2D eigenvalue weighted by atomic mass is 32.2. The van der Waals surface area contributed by atoms with Crippen molar-refractivity contribution in [2.75, 3.05) is 26.5 Å². The highest BCUT2D eigenvalue weighted by Crippen LogP contribution is 2.35. The van der Waals surface area contributed by atoms with Gasteiger partial charge in [-0.3, -0.25) is 14.2 Å². The molecule has 3 heterocycles. The second-order valence-corrected chi connectivity index (χ2v) is 11.7. The highest BCUT2D eigenvalue weighted by Gasteiger charge is 2.24. The number of fused-ring (bicyclic) bond motifs is 2. The van der Waals surface area contributed by atoms with Crippen LogP contribution in [0.1, 0.15) is 16.7 Å². The number of methoxy groups -OCH3 is 2. The van der Waals surface area contributed by atoms with Crippen LogP contribution < -0.4 is 15.0 Å². The molecule has 0 radical (unpaired) electrons. The summed E-state index contributed by atoms with van der Waals surface area (Å²) >= 11 is 2.75. The number of rotatable bonds is 7. The topological polar surface area (TPSA) is 73.7 Å². The van der Waals surface area contributed by atoms with E-state index in [9.17, 15) is 9.59 Å².